The predicted molar refractivity (Wildman–Crippen MR) is 114 cm³/mol. The van der Waals surface area contributed by atoms with Gasteiger partial charge >= 0.3 is 0 Å². The molecule has 3 rings (SSSR count). The van der Waals surface area contributed by atoms with Gasteiger partial charge in [-0.15, -0.1) is 0 Å². The highest BCUT2D eigenvalue weighted by Crippen LogP contribution is 2.27. The topological polar surface area (TPSA) is 126 Å². The molecule has 1 aliphatic heterocycles. The molecular formula is C20H26ClN7O. The van der Waals surface area contributed by atoms with Crippen LogP contribution in [-0.4, -0.2) is 48.9 Å². The molecule has 1 atom stereocenters. The van der Waals surface area contributed by atoms with E-state index >= 15 is 0 Å². The average molecular weight is 416 g/mol. The molecule has 1 aromatic heterocycles. The van der Waals surface area contributed by atoms with Gasteiger partial charge in [-0.25, -0.2) is 9.97 Å². The Labute approximate surface area is 175 Å². The van der Waals surface area contributed by atoms with Gasteiger partial charge in [0, 0.05) is 37.3 Å². The second-order valence-electron chi connectivity index (χ2n) is 7.36. The minimum atomic E-state index is -0.361. The number of nitrogens with one attached hydrogen (secondary N) is 1. The zero-order valence-electron chi connectivity index (χ0n) is 16.4. The molecule has 2 aromatic rings. The maximum Gasteiger partial charge on any atom is 0.152 e. The average Bonchev–Trinajstić information content (AvgIpc) is 2.72. The number of ether oxygens (including phenoxy) is 1. The van der Waals surface area contributed by atoms with Crippen LogP contribution >= 0.6 is 11.6 Å². The SMILES string of the molecule is COCC(NCC1(N)CCN(c2ncnc(N)c2C#N)CC1)c1ccc(Cl)cc1. The van der Waals surface area contributed by atoms with Gasteiger partial charge in [0.05, 0.1) is 12.6 Å². The summed E-state index contributed by atoms with van der Waals surface area (Å²) in [6.07, 6.45) is 2.91. The molecule has 29 heavy (non-hydrogen) atoms. The fraction of sp³-hybridized carbons (Fsp3) is 0.450. The van der Waals surface area contributed by atoms with E-state index < -0.39 is 0 Å². The molecule has 0 radical (unpaired) electrons. The van der Waals surface area contributed by atoms with Crippen molar-refractivity contribution in [1.29, 1.82) is 5.26 Å². The lowest BCUT2D eigenvalue weighted by atomic mass is 9.88. The highest BCUT2D eigenvalue weighted by molar-refractivity contribution is 6.30. The van der Waals surface area contributed by atoms with E-state index in [2.05, 4.69) is 21.4 Å². The predicted octanol–water partition coefficient (Wildman–Crippen LogP) is 1.86. The number of halogens is 1. The van der Waals surface area contributed by atoms with Crippen molar-refractivity contribution in [2.45, 2.75) is 24.4 Å². The van der Waals surface area contributed by atoms with E-state index in [-0.39, 0.29) is 17.4 Å². The molecule has 5 N–H and O–H groups in total. The summed E-state index contributed by atoms with van der Waals surface area (Å²) >= 11 is 6.00. The number of aromatic nitrogens is 2. The van der Waals surface area contributed by atoms with Crippen LogP contribution in [0.15, 0.2) is 30.6 Å². The Hall–Kier alpha value is -2.44. The maximum absolute atomic E-state index is 9.36. The molecule has 9 heteroatoms. The molecule has 0 spiro atoms. The number of hydrogen-bond donors (Lipinski definition) is 3. The number of nitrogens with two attached hydrogens (primary N) is 2. The Morgan fingerprint density at radius 1 is 1.31 bits per heavy atom. The van der Waals surface area contributed by atoms with Gasteiger partial charge in [-0.2, -0.15) is 5.26 Å². The normalized spacial score (nSPS) is 17.0. The van der Waals surface area contributed by atoms with Crippen LogP contribution in [0.5, 0.6) is 0 Å². The van der Waals surface area contributed by atoms with Gasteiger partial charge in [0.2, 0.25) is 0 Å². The molecule has 154 valence electrons. The van der Waals surface area contributed by atoms with Crippen molar-refractivity contribution in [1.82, 2.24) is 15.3 Å². The fourth-order valence-corrected chi connectivity index (χ4v) is 3.66. The largest absolute Gasteiger partial charge is 0.383 e. The summed E-state index contributed by atoms with van der Waals surface area (Å²) in [5, 5.41) is 13.6. The smallest absolute Gasteiger partial charge is 0.152 e. The van der Waals surface area contributed by atoms with Gasteiger partial charge in [0.1, 0.15) is 23.8 Å². The van der Waals surface area contributed by atoms with E-state index in [1.807, 2.05) is 29.2 Å². The van der Waals surface area contributed by atoms with Crippen molar-refractivity contribution >= 4 is 23.2 Å². The zero-order valence-corrected chi connectivity index (χ0v) is 17.2. The summed E-state index contributed by atoms with van der Waals surface area (Å²) in [7, 11) is 1.68. The molecule has 1 aliphatic rings. The molecule has 1 fully saturated rings. The van der Waals surface area contributed by atoms with Crippen LogP contribution in [-0.2, 0) is 4.74 Å². The summed E-state index contributed by atoms with van der Waals surface area (Å²) < 4.78 is 5.37. The Morgan fingerprint density at radius 3 is 2.62 bits per heavy atom. The number of nitrogen functional groups attached to an aromatic ring is 1. The number of rotatable bonds is 7. The Morgan fingerprint density at radius 2 is 2.00 bits per heavy atom. The molecule has 2 heterocycles. The second kappa shape index (κ2) is 9.37. The van der Waals surface area contributed by atoms with Gasteiger partial charge in [-0.05, 0) is 30.5 Å². The molecule has 1 aromatic carbocycles. The monoisotopic (exact) mass is 415 g/mol. The van der Waals surface area contributed by atoms with Crippen molar-refractivity contribution in [3.63, 3.8) is 0 Å². The van der Waals surface area contributed by atoms with E-state index in [4.69, 9.17) is 27.8 Å². The highest BCUT2D eigenvalue weighted by atomic mass is 35.5. The number of nitrogens with zero attached hydrogens (tertiary/aromatic N) is 4. The molecule has 1 unspecified atom stereocenters. The highest BCUT2D eigenvalue weighted by Gasteiger charge is 2.32. The number of piperidine rings is 1. The lowest BCUT2D eigenvalue weighted by Gasteiger charge is -2.40. The van der Waals surface area contributed by atoms with Crippen LogP contribution in [0.3, 0.4) is 0 Å². The minimum absolute atomic E-state index is 0.0302. The van der Waals surface area contributed by atoms with Gasteiger partial charge in [-0.3, -0.25) is 0 Å². The third-order valence-electron chi connectivity index (χ3n) is 5.33. The third kappa shape index (κ3) is 5.14. The molecule has 0 bridgehead atoms. The molecule has 8 nitrogen and oxygen atoms in total. The van der Waals surface area contributed by atoms with Gasteiger partial charge in [0.15, 0.2) is 5.82 Å². The van der Waals surface area contributed by atoms with E-state index in [1.54, 1.807) is 7.11 Å². The van der Waals surface area contributed by atoms with Crippen LogP contribution in [0.25, 0.3) is 0 Å². The Kier molecular flexibility index (Phi) is 6.87. The standard InChI is InChI=1S/C20H26ClN7O/c1-29-11-17(14-2-4-15(21)5-3-14)25-12-20(24)6-8-28(9-7-20)19-16(10-22)18(23)26-13-27-19/h2-5,13,17,25H,6-9,11-12,24H2,1H3,(H2,23,26,27). The van der Waals surface area contributed by atoms with Crippen LogP contribution in [0.4, 0.5) is 11.6 Å². The van der Waals surface area contributed by atoms with E-state index in [1.165, 1.54) is 6.33 Å². The van der Waals surface area contributed by atoms with Crippen LogP contribution in [0, 0.1) is 11.3 Å². The molecular weight excluding hydrogens is 390 g/mol. The summed E-state index contributed by atoms with van der Waals surface area (Å²) in [5.74, 6) is 0.780. The minimum Gasteiger partial charge on any atom is -0.383 e. The number of hydrogen-bond acceptors (Lipinski definition) is 8. The Balaban J connectivity index is 1.62. The zero-order chi connectivity index (χ0) is 20.9. The fourth-order valence-electron chi connectivity index (χ4n) is 3.54. The van der Waals surface area contributed by atoms with Crippen LogP contribution < -0.4 is 21.7 Å². The van der Waals surface area contributed by atoms with Crippen LogP contribution in [0.1, 0.15) is 30.0 Å². The summed E-state index contributed by atoms with van der Waals surface area (Å²) in [4.78, 5) is 10.2. The number of nitriles is 1. The Bertz CT molecular complexity index is 860. The van der Waals surface area contributed by atoms with Crippen molar-refractivity contribution in [3.05, 3.63) is 46.7 Å². The van der Waals surface area contributed by atoms with Crippen molar-refractivity contribution in [2.75, 3.05) is 44.0 Å². The van der Waals surface area contributed by atoms with Gasteiger partial charge < -0.3 is 26.4 Å². The van der Waals surface area contributed by atoms with Crippen molar-refractivity contribution in [3.8, 4) is 6.07 Å². The van der Waals surface area contributed by atoms with Gasteiger partial charge in [-0.1, -0.05) is 23.7 Å². The van der Waals surface area contributed by atoms with E-state index in [0.717, 1.165) is 18.4 Å². The van der Waals surface area contributed by atoms with Crippen molar-refractivity contribution in [2.24, 2.45) is 5.73 Å². The first-order valence-electron chi connectivity index (χ1n) is 9.48. The van der Waals surface area contributed by atoms with E-state index in [0.29, 0.717) is 42.6 Å². The second-order valence-corrected chi connectivity index (χ2v) is 7.80. The maximum atomic E-state index is 9.36. The van der Waals surface area contributed by atoms with Crippen LogP contribution in [0.2, 0.25) is 5.02 Å². The summed E-state index contributed by atoms with van der Waals surface area (Å²) in [6, 6.07) is 9.86. The summed E-state index contributed by atoms with van der Waals surface area (Å²) in [6.45, 7) is 2.57. The van der Waals surface area contributed by atoms with Gasteiger partial charge in [0.25, 0.3) is 0 Å². The molecule has 0 amide bonds. The number of methoxy groups -OCH3 is 1. The third-order valence-corrected chi connectivity index (χ3v) is 5.59. The first kappa shape index (κ1) is 21.3. The lowest BCUT2D eigenvalue weighted by Crippen LogP contribution is -2.56. The van der Waals surface area contributed by atoms with Crippen molar-refractivity contribution < 1.29 is 4.74 Å². The van der Waals surface area contributed by atoms with E-state index in [9.17, 15) is 5.26 Å². The first-order valence-corrected chi connectivity index (χ1v) is 9.86. The number of benzene rings is 1. The number of anilines is 2. The molecule has 0 aliphatic carbocycles. The summed E-state index contributed by atoms with van der Waals surface area (Å²) in [5.41, 5.74) is 13.5. The quantitative estimate of drug-likeness (QED) is 0.625. The molecule has 0 saturated carbocycles. The molecule has 1 saturated heterocycles. The lowest BCUT2D eigenvalue weighted by molar-refractivity contribution is 0.160. The first-order chi connectivity index (χ1) is 14.0.